The smallest absolute Gasteiger partial charge is 0.227 e. The lowest BCUT2D eigenvalue weighted by molar-refractivity contribution is -0.120. The maximum atomic E-state index is 13.1. The molecule has 1 aromatic heterocycles. The Morgan fingerprint density at radius 2 is 1.66 bits per heavy atom. The summed E-state index contributed by atoms with van der Waals surface area (Å²) in [5.41, 5.74) is 3.42. The highest BCUT2D eigenvalue weighted by molar-refractivity contribution is 6.00. The van der Waals surface area contributed by atoms with Crippen molar-refractivity contribution in [3.8, 4) is 0 Å². The van der Waals surface area contributed by atoms with Crippen LogP contribution in [0.25, 0.3) is 0 Å². The molecule has 2 aliphatic rings. The van der Waals surface area contributed by atoms with Crippen molar-refractivity contribution in [3.63, 3.8) is 0 Å². The van der Waals surface area contributed by atoms with Crippen molar-refractivity contribution < 1.29 is 9.59 Å². The third kappa shape index (κ3) is 5.58. The summed E-state index contributed by atoms with van der Waals surface area (Å²) in [6.45, 7) is 5.67. The fraction of sp³-hybridized carbons (Fsp3) is 0.708. The van der Waals surface area contributed by atoms with E-state index in [0.29, 0.717) is 5.69 Å². The third-order valence-corrected chi connectivity index (χ3v) is 6.39. The number of nitrogens with one attached hydrogen (secondary N) is 1. The van der Waals surface area contributed by atoms with Crippen LogP contribution in [-0.2, 0) is 11.2 Å². The monoisotopic (exact) mass is 399 g/mol. The number of ketones is 1. The molecule has 2 heterocycles. The Hall–Kier alpha value is -1.91. The molecule has 0 atom stereocenters. The van der Waals surface area contributed by atoms with Gasteiger partial charge in [-0.15, -0.1) is 0 Å². The van der Waals surface area contributed by atoms with Gasteiger partial charge in [-0.3, -0.25) is 14.6 Å². The number of carbonyl (C=O) groups excluding carboxylic acids is 2. The van der Waals surface area contributed by atoms with E-state index in [1.54, 1.807) is 13.1 Å². The first-order valence-electron chi connectivity index (χ1n) is 11.7. The van der Waals surface area contributed by atoms with Crippen LogP contribution in [0.1, 0.15) is 101 Å². The predicted molar refractivity (Wildman–Crippen MR) is 119 cm³/mol. The Morgan fingerprint density at radius 1 is 1.03 bits per heavy atom. The van der Waals surface area contributed by atoms with E-state index < -0.39 is 0 Å². The van der Waals surface area contributed by atoms with Crippen molar-refractivity contribution >= 4 is 23.1 Å². The van der Waals surface area contributed by atoms with E-state index in [1.165, 1.54) is 25.7 Å². The van der Waals surface area contributed by atoms with Crippen LogP contribution in [0.5, 0.6) is 0 Å². The van der Waals surface area contributed by atoms with Gasteiger partial charge in [0.05, 0.1) is 17.6 Å². The van der Waals surface area contributed by atoms with Gasteiger partial charge in [-0.25, -0.2) is 0 Å². The maximum absolute atomic E-state index is 13.1. The van der Waals surface area contributed by atoms with E-state index in [9.17, 15) is 9.59 Å². The molecule has 0 spiro atoms. The van der Waals surface area contributed by atoms with Crippen LogP contribution in [0.3, 0.4) is 0 Å². The van der Waals surface area contributed by atoms with Crippen molar-refractivity contribution in [2.24, 2.45) is 5.92 Å². The first-order valence-corrected chi connectivity index (χ1v) is 11.7. The minimum Gasteiger partial charge on any atom is -0.370 e. The molecular weight excluding hydrogens is 362 g/mol. The van der Waals surface area contributed by atoms with E-state index in [4.69, 9.17) is 0 Å². The summed E-state index contributed by atoms with van der Waals surface area (Å²) >= 11 is 0. The van der Waals surface area contributed by atoms with E-state index in [2.05, 4.69) is 22.1 Å². The highest BCUT2D eigenvalue weighted by atomic mass is 16.2. The number of piperidine rings is 1. The Balaban J connectivity index is 1.92. The number of rotatable bonds is 6. The average molecular weight is 400 g/mol. The van der Waals surface area contributed by atoms with E-state index in [1.807, 2.05) is 0 Å². The highest BCUT2D eigenvalue weighted by Crippen LogP contribution is 2.35. The number of aromatic nitrogens is 1. The minimum atomic E-state index is 0.00426. The fourth-order valence-electron chi connectivity index (χ4n) is 4.86. The maximum Gasteiger partial charge on any atom is 0.227 e. The van der Waals surface area contributed by atoms with Gasteiger partial charge in [-0.05, 0) is 38.5 Å². The number of Topliss-reactive ketones (excluding diaryl/α,β-unsaturated/α-hetero) is 1. The van der Waals surface area contributed by atoms with Crippen LogP contribution in [0.15, 0.2) is 6.20 Å². The average Bonchev–Trinajstić information content (AvgIpc) is 2.68. The molecule has 0 aromatic carbocycles. The Kier molecular flexibility index (Phi) is 8.08. The Morgan fingerprint density at radius 3 is 2.28 bits per heavy atom. The van der Waals surface area contributed by atoms with Crippen molar-refractivity contribution in [1.29, 1.82) is 0 Å². The second kappa shape index (κ2) is 10.7. The molecule has 5 nitrogen and oxygen atoms in total. The third-order valence-electron chi connectivity index (χ3n) is 6.39. The molecule has 1 saturated carbocycles. The molecule has 1 aliphatic carbocycles. The molecule has 5 heteroatoms. The van der Waals surface area contributed by atoms with Crippen molar-refractivity contribution in [2.45, 2.75) is 90.9 Å². The molecule has 0 bridgehead atoms. The number of anilines is 2. The summed E-state index contributed by atoms with van der Waals surface area (Å²) in [4.78, 5) is 32.3. The lowest BCUT2D eigenvalue weighted by atomic mass is 9.90. The number of hydrogen-bond acceptors (Lipinski definition) is 4. The Bertz CT molecular complexity index is 702. The fourth-order valence-corrected chi connectivity index (χ4v) is 4.86. The van der Waals surface area contributed by atoms with Gasteiger partial charge >= 0.3 is 0 Å². The second-order valence-electron chi connectivity index (χ2n) is 8.73. The molecule has 1 N–H and O–H groups in total. The van der Waals surface area contributed by atoms with E-state index in [0.717, 1.165) is 81.4 Å². The molecule has 0 radical (unpaired) electrons. The van der Waals surface area contributed by atoms with Crippen molar-refractivity contribution in [2.75, 3.05) is 23.3 Å². The molecule has 2 fully saturated rings. The number of nitrogens with zero attached hydrogens (tertiary/aromatic N) is 2. The summed E-state index contributed by atoms with van der Waals surface area (Å²) in [5, 5.41) is 3.24. The van der Waals surface area contributed by atoms with Gasteiger partial charge < -0.3 is 10.2 Å². The largest absolute Gasteiger partial charge is 0.370 e. The highest BCUT2D eigenvalue weighted by Gasteiger charge is 2.26. The van der Waals surface area contributed by atoms with Crippen LogP contribution in [0.2, 0.25) is 0 Å². The van der Waals surface area contributed by atoms with Crippen molar-refractivity contribution in [3.05, 3.63) is 17.5 Å². The summed E-state index contributed by atoms with van der Waals surface area (Å²) in [6.07, 6.45) is 15.0. The predicted octanol–water partition coefficient (Wildman–Crippen LogP) is 5.53. The summed E-state index contributed by atoms with van der Waals surface area (Å²) < 4.78 is 0. The first-order chi connectivity index (χ1) is 14.1. The molecule has 1 saturated heterocycles. The zero-order valence-corrected chi connectivity index (χ0v) is 18.3. The van der Waals surface area contributed by atoms with Gasteiger partial charge in [-0.2, -0.15) is 0 Å². The molecule has 160 valence electrons. The number of hydrogen-bond donors (Lipinski definition) is 1. The lowest BCUT2D eigenvalue weighted by Crippen LogP contribution is -2.33. The summed E-state index contributed by atoms with van der Waals surface area (Å²) in [6, 6.07) is 0. The van der Waals surface area contributed by atoms with Gasteiger partial charge in [0.25, 0.3) is 0 Å². The molecule has 1 amide bonds. The Labute approximate surface area is 175 Å². The minimum absolute atomic E-state index is 0.00426. The SMILES string of the molecule is CCCc1c(C(C)=O)ncc(NC(=O)C2CCCCCCC2)c1N1CCCCC1. The molecule has 0 unspecified atom stereocenters. The van der Waals surface area contributed by atoms with Gasteiger partial charge in [0, 0.05) is 31.5 Å². The van der Waals surface area contributed by atoms with E-state index in [-0.39, 0.29) is 17.6 Å². The van der Waals surface area contributed by atoms with Crippen molar-refractivity contribution in [1.82, 2.24) is 4.98 Å². The zero-order chi connectivity index (χ0) is 20.6. The number of carbonyl (C=O) groups is 2. The van der Waals surface area contributed by atoms with Gasteiger partial charge in [-0.1, -0.05) is 45.4 Å². The van der Waals surface area contributed by atoms with Crippen LogP contribution < -0.4 is 10.2 Å². The lowest BCUT2D eigenvalue weighted by Gasteiger charge is -2.33. The summed E-state index contributed by atoms with van der Waals surface area (Å²) in [7, 11) is 0. The molecule has 3 rings (SSSR count). The van der Waals surface area contributed by atoms with E-state index >= 15 is 0 Å². The second-order valence-corrected chi connectivity index (χ2v) is 8.73. The standard InChI is InChI=1S/C24H37N3O2/c1-3-12-20-22(18(2)28)25-17-21(23(20)27-15-10-7-11-16-27)26-24(29)19-13-8-5-4-6-9-14-19/h17,19H,3-16H2,1-2H3,(H,26,29). The molecular formula is C24H37N3O2. The van der Waals surface area contributed by atoms with Gasteiger partial charge in [0.1, 0.15) is 5.69 Å². The van der Waals surface area contributed by atoms with Crippen LogP contribution >= 0.6 is 0 Å². The topological polar surface area (TPSA) is 62.3 Å². The molecule has 1 aromatic rings. The normalized spacial score (nSPS) is 18.8. The number of amides is 1. The number of pyridine rings is 1. The van der Waals surface area contributed by atoms with Crippen LogP contribution in [0, 0.1) is 5.92 Å². The molecule has 29 heavy (non-hydrogen) atoms. The van der Waals surface area contributed by atoms with Gasteiger partial charge in [0.15, 0.2) is 5.78 Å². The molecule has 1 aliphatic heterocycles. The zero-order valence-electron chi connectivity index (χ0n) is 18.3. The van der Waals surface area contributed by atoms with Crippen LogP contribution in [0.4, 0.5) is 11.4 Å². The quantitative estimate of drug-likeness (QED) is 0.639. The first kappa shape index (κ1) is 21.8. The summed E-state index contributed by atoms with van der Waals surface area (Å²) in [5.74, 6) is 0.223. The van der Waals surface area contributed by atoms with Gasteiger partial charge in [0.2, 0.25) is 5.91 Å². The van der Waals surface area contributed by atoms with Crippen LogP contribution in [-0.4, -0.2) is 29.8 Å².